The SMILES string of the molecule is Cc1cccc(NC(=S)N2CCN(Cc3ccccc3Cl)CC2)c1C. The average molecular weight is 374 g/mol. The number of hydrogen-bond donors (Lipinski definition) is 1. The minimum Gasteiger partial charge on any atom is -0.346 e. The predicted molar refractivity (Wildman–Crippen MR) is 110 cm³/mol. The lowest BCUT2D eigenvalue weighted by Crippen LogP contribution is -2.49. The van der Waals surface area contributed by atoms with Gasteiger partial charge < -0.3 is 10.2 Å². The molecular weight excluding hydrogens is 350 g/mol. The van der Waals surface area contributed by atoms with Crippen molar-refractivity contribution in [1.29, 1.82) is 0 Å². The van der Waals surface area contributed by atoms with Crippen LogP contribution in [0.2, 0.25) is 5.02 Å². The molecule has 5 heteroatoms. The molecule has 1 aliphatic heterocycles. The maximum atomic E-state index is 6.27. The standard InChI is InChI=1S/C20H24ClN3S/c1-15-6-5-9-19(16(15)2)22-20(25)24-12-10-23(11-13-24)14-17-7-3-4-8-18(17)21/h3-9H,10-14H2,1-2H3,(H,22,25). The van der Waals surface area contributed by atoms with Gasteiger partial charge in [-0.2, -0.15) is 0 Å². The van der Waals surface area contributed by atoms with Gasteiger partial charge in [0, 0.05) is 43.4 Å². The lowest BCUT2D eigenvalue weighted by Gasteiger charge is -2.36. The molecule has 0 aliphatic carbocycles. The first-order chi connectivity index (χ1) is 12.0. The first kappa shape index (κ1) is 18.2. The van der Waals surface area contributed by atoms with E-state index in [1.54, 1.807) is 0 Å². The van der Waals surface area contributed by atoms with Crippen LogP contribution in [0.15, 0.2) is 42.5 Å². The van der Waals surface area contributed by atoms with Crippen LogP contribution in [-0.2, 0) is 6.54 Å². The molecule has 1 fully saturated rings. The summed E-state index contributed by atoms with van der Waals surface area (Å²) < 4.78 is 0. The zero-order valence-electron chi connectivity index (χ0n) is 14.8. The number of anilines is 1. The highest BCUT2D eigenvalue weighted by Crippen LogP contribution is 2.20. The Morgan fingerprint density at radius 3 is 2.48 bits per heavy atom. The van der Waals surface area contributed by atoms with Crippen LogP contribution in [0, 0.1) is 13.8 Å². The van der Waals surface area contributed by atoms with E-state index < -0.39 is 0 Å². The summed E-state index contributed by atoms with van der Waals surface area (Å²) in [6, 6.07) is 14.3. The van der Waals surface area contributed by atoms with E-state index in [4.69, 9.17) is 23.8 Å². The lowest BCUT2D eigenvalue weighted by atomic mass is 10.1. The van der Waals surface area contributed by atoms with Gasteiger partial charge in [-0.25, -0.2) is 0 Å². The minimum absolute atomic E-state index is 0.811. The molecule has 2 aromatic carbocycles. The van der Waals surface area contributed by atoms with Crippen molar-refractivity contribution in [3.05, 3.63) is 64.2 Å². The summed E-state index contributed by atoms with van der Waals surface area (Å²) in [5.74, 6) is 0. The second kappa shape index (κ2) is 8.17. The second-order valence-corrected chi connectivity index (χ2v) is 7.33. The summed E-state index contributed by atoms with van der Waals surface area (Å²) in [7, 11) is 0. The van der Waals surface area contributed by atoms with Crippen LogP contribution in [0.4, 0.5) is 5.69 Å². The number of nitrogens with zero attached hydrogens (tertiary/aromatic N) is 2. The average Bonchev–Trinajstić information content (AvgIpc) is 2.61. The Kier molecular flexibility index (Phi) is 5.94. The van der Waals surface area contributed by atoms with Crippen LogP contribution in [0.3, 0.4) is 0 Å². The second-order valence-electron chi connectivity index (χ2n) is 6.53. The molecule has 0 bridgehead atoms. The van der Waals surface area contributed by atoms with E-state index >= 15 is 0 Å². The summed E-state index contributed by atoms with van der Waals surface area (Å²) >= 11 is 11.9. The smallest absolute Gasteiger partial charge is 0.173 e. The normalized spacial score (nSPS) is 15.2. The van der Waals surface area contributed by atoms with Crippen molar-refractivity contribution in [3.8, 4) is 0 Å². The summed E-state index contributed by atoms with van der Waals surface area (Å²) in [5, 5.41) is 5.07. The van der Waals surface area contributed by atoms with E-state index in [9.17, 15) is 0 Å². The third-order valence-electron chi connectivity index (χ3n) is 4.86. The van der Waals surface area contributed by atoms with E-state index in [0.29, 0.717) is 0 Å². The van der Waals surface area contributed by atoms with Gasteiger partial charge in [0.25, 0.3) is 0 Å². The van der Waals surface area contributed by atoms with Gasteiger partial charge in [-0.05, 0) is 54.9 Å². The van der Waals surface area contributed by atoms with Gasteiger partial charge in [-0.1, -0.05) is 41.9 Å². The third kappa shape index (κ3) is 4.51. The van der Waals surface area contributed by atoms with Crippen LogP contribution >= 0.6 is 23.8 Å². The molecule has 0 radical (unpaired) electrons. The molecule has 1 N–H and O–H groups in total. The highest BCUT2D eigenvalue weighted by Gasteiger charge is 2.20. The number of nitrogens with one attached hydrogen (secondary N) is 1. The van der Waals surface area contributed by atoms with Crippen molar-refractivity contribution in [2.75, 3.05) is 31.5 Å². The molecule has 3 nitrogen and oxygen atoms in total. The van der Waals surface area contributed by atoms with Crippen LogP contribution < -0.4 is 5.32 Å². The van der Waals surface area contributed by atoms with Crippen molar-refractivity contribution in [2.24, 2.45) is 0 Å². The lowest BCUT2D eigenvalue weighted by molar-refractivity contribution is 0.177. The van der Waals surface area contributed by atoms with Crippen molar-refractivity contribution in [2.45, 2.75) is 20.4 Å². The highest BCUT2D eigenvalue weighted by molar-refractivity contribution is 7.80. The van der Waals surface area contributed by atoms with Gasteiger partial charge in [0.1, 0.15) is 0 Å². The van der Waals surface area contributed by atoms with Crippen LogP contribution in [-0.4, -0.2) is 41.1 Å². The minimum atomic E-state index is 0.811. The van der Waals surface area contributed by atoms with Crippen molar-refractivity contribution in [3.63, 3.8) is 0 Å². The van der Waals surface area contributed by atoms with Gasteiger partial charge in [-0.15, -0.1) is 0 Å². The zero-order valence-corrected chi connectivity index (χ0v) is 16.3. The molecule has 2 aromatic rings. The first-order valence-electron chi connectivity index (χ1n) is 8.62. The molecule has 0 spiro atoms. The predicted octanol–water partition coefficient (Wildman–Crippen LogP) is 4.47. The molecule has 3 rings (SSSR count). The Morgan fingerprint density at radius 2 is 1.76 bits per heavy atom. The Morgan fingerprint density at radius 1 is 1.04 bits per heavy atom. The molecule has 0 unspecified atom stereocenters. The fourth-order valence-corrected chi connectivity index (χ4v) is 3.55. The number of benzene rings is 2. The van der Waals surface area contributed by atoms with Gasteiger partial charge >= 0.3 is 0 Å². The van der Waals surface area contributed by atoms with E-state index in [0.717, 1.165) is 48.5 Å². The molecule has 0 amide bonds. The quantitative estimate of drug-likeness (QED) is 0.799. The summed E-state index contributed by atoms with van der Waals surface area (Å²) in [4.78, 5) is 4.68. The number of rotatable bonds is 3. The molecule has 25 heavy (non-hydrogen) atoms. The maximum absolute atomic E-state index is 6.27. The molecule has 0 aromatic heterocycles. The van der Waals surface area contributed by atoms with Gasteiger partial charge in [0.15, 0.2) is 5.11 Å². The van der Waals surface area contributed by atoms with Crippen LogP contribution in [0.25, 0.3) is 0 Å². The molecule has 0 saturated carbocycles. The molecular formula is C20H24ClN3S. The first-order valence-corrected chi connectivity index (χ1v) is 9.41. The Labute approximate surface area is 160 Å². The molecule has 1 heterocycles. The van der Waals surface area contributed by atoms with Gasteiger partial charge in [0.2, 0.25) is 0 Å². The third-order valence-corrected chi connectivity index (χ3v) is 5.59. The molecule has 132 valence electrons. The monoisotopic (exact) mass is 373 g/mol. The van der Waals surface area contributed by atoms with Crippen molar-refractivity contribution < 1.29 is 0 Å². The fraction of sp³-hybridized carbons (Fsp3) is 0.350. The largest absolute Gasteiger partial charge is 0.346 e. The summed E-state index contributed by atoms with van der Waals surface area (Å²) in [6.45, 7) is 8.98. The Bertz CT molecular complexity index is 754. The van der Waals surface area contributed by atoms with E-state index in [-0.39, 0.29) is 0 Å². The number of hydrogen-bond acceptors (Lipinski definition) is 2. The Hall–Kier alpha value is -1.62. The zero-order chi connectivity index (χ0) is 17.8. The summed E-state index contributed by atoms with van der Waals surface area (Å²) in [5.41, 5.74) is 4.82. The molecule has 0 atom stereocenters. The van der Waals surface area contributed by atoms with Crippen LogP contribution in [0.5, 0.6) is 0 Å². The topological polar surface area (TPSA) is 18.5 Å². The van der Waals surface area contributed by atoms with Crippen LogP contribution in [0.1, 0.15) is 16.7 Å². The van der Waals surface area contributed by atoms with Crippen molar-refractivity contribution in [1.82, 2.24) is 9.80 Å². The van der Waals surface area contributed by atoms with Gasteiger partial charge in [0.05, 0.1) is 0 Å². The van der Waals surface area contributed by atoms with Crippen molar-refractivity contribution >= 4 is 34.6 Å². The van der Waals surface area contributed by atoms with E-state index in [1.165, 1.54) is 16.7 Å². The highest BCUT2D eigenvalue weighted by atomic mass is 35.5. The summed E-state index contributed by atoms with van der Waals surface area (Å²) in [6.07, 6.45) is 0. The van der Waals surface area contributed by atoms with E-state index in [1.807, 2.05) is 18.2 Å². The number of piperazine rings is 1. The Balaban J connectivity index is 1.54. The van der Waals surface area contributed by atoms with Gasteiger partial charge in [-0.3, -0.25) is 4.90 Å². The number of thiocarbonyl (C=S) groups is 1. The number of aryl methyl sites for hydroxylation is 1. The molecule has 1 saturated heterocycles. The number of halogens is 1. The van der Waals surface area contributed by atoms with E-state index in [2.05, 4.69) is 53.2 Å². The maximum Gasteiger partial charge on any atom is 0.173 e. The fourth-order valence-electron chi connectivity index (χ4n) is 3.06. The molecule has 1 aliphatic rings.